The first-order chi connectivity index (χ1) is 8.59. The maximum atomic E-state index is 13.1. The van der Waals surface area contributed by atoms with E-state index < -0.39 is 12.1 Å². The molecule has 3 heteroatoms. The molecule has 0 saturated heterocycles. The van der Waals surface area contributed by atoms with E-state index in [9.17, 15) is 13.2 Å². The van der Waals surface area contributed by atoms with Gasteiger partial charge in [-0.1, -0.05) is 45.0 Å². The molecule has 1 rings (SSSR count). The number of alkyl halides is 3. The van der Waals surface area contributed by atoms with Crippen molar-refractivity contribution in [3.8, 4) is 0 Å². The fraction of sp³-hybridized carbons (Fsp3) is 0.625. The van der Waals surface area contributed by atoms with Gasteiger partial charge >= 0.3 is 6.18 Å². The van der Waals surface area contributed by atoms with Crippen LogP contribution in [0.4, 0.5) is 13.2 Å². The summed E-state index contributed by atoms with van der Waals surface area (Å²) in [6.45, 7) is 7.81. The van der Waals surface area contributed by atoms with Gasteiger partial charge in [0.05, 0.1) is 5.92 Å². The molecular formula is C16H23F3. The van der Waals surface area contributed by atoms with Gasteiger partial charge < -0.3 is 0 Å². The van der Waals surface area contributed by atoms with Crippen LogP contribution in [0.3, 0.4) is 0 Å². The number of rotatable bonds is 4. The number of hydrogen-bond donors (Lipinski definition) is 0. The quantitative estimate of drug-likeness (QED) is 0.674. The molecule has 0 fully saturated rings. The van der Waals surface area contributed by atoms with Crippen LogP contribution in [-0.2, 0) is 6.42 Å². The zero-order valence-corrected chi connectivity index (χ0v) is 12.1. The van der Waals surface area contributed by atoms with Crippen LogP contribution in [0.1, 0.15) is 44.7 Å². The molecule has 0 radical (unpaired) electrons. The molecule has 19 heavy (non-hydrogen) atoms. The van der Waals surface area contributed by atoms with Gasteiger partial charge in [0.25, 0.3) is 0 Å². The molecular weight excluding hydrogens is 249 g/mol. The van der Waals surface area contributed by atoms with E-state index in [2.05, 4.69) is 0 Å². The highest BCUT2D eigenvalue weighted by atomic mass is 19.4. The Bertz CT molecular complexity index is 399. The van der Waals surface area contributed by atoms with Gasteiger partial charge in [-0.3, -0.25) is 0 Å². The number of benzene rings is 1. The minimum absolute atomic E-state index is 0.0603. The third-order valence-corrected chi connectivity index (χ3v) is 3.43. The molecule has 0 aliphatic heterocycles. The van der Waals surface area contributed by atoms with Crippen molar-refractivity contribution < 1.29 is 13.2 Å². The third kappa shape index (κ3) is 5.66. The van der Waals surface area contributed by atoms with Gasteiger partial charge in [0.2, 0.25) is 0 Å². The lowest BCUT2D eigenvalue weighted by Gasteiger charge is -2.25. The molecule has 0 amide bonds. The van der Waals surface area contributed by atoms with Gasteiger partial charge in [-0.15, -0.1) is 0 Å². The minimum atomic E-state index is -4.12. The maximum absolute atomic E-state index is 13.1. The Kier molecular flexibility index (Phi) is 5.05. The maximum Gasteiger partial charge on any atom is 0.392 e. The summed E-state index contributed by atoms with van der Waals surface area (Å²) >= 11 is 0. The van der Waals surface area contributed by atoms with Gasteiger partial charge in [-0.25, -0.2) is 0 Å². The van der Waals surface area contributed by atoms with E-state index in [0.29, 0.717) is 6.42 Å². The van der Waals surface area contributed by atoms with Gasteiger partial charge in [-0.2, -0.15) is 13.2 Å². The van der Waals surface area contributed by atoms with Crippen LogP contribution in [0, 0.1) is 18.3 Å². The molecule has 0 nitrogen and oxygen atoms in total. The number of hydrogen-bond acceptors (Lipinski definition) is 0. The van der Waals surface area contributed by atoms with Gasteiger partial charge in [0.15, 0.2) is 0 Å². The molecule has 0 saturated carbocycles. The standard InChI is InChI=1S/C16H23F3/c1-12-7-5-6-8-13(12)11-14(16(17,18)19)9-10-15(2,3)4/h5-8,14H,9-11H2,1-4H3. The van der Waals surface area contributed by atoms with Crippen molar-refractivity contribution in [3.05, 3.63) is 35.4 Å². The van der Waals surface area contributed by atoms with E-state index in [1.54, 1.807) is 12.1 Å². The molecule has 0 aliphatic carbocycles. The Balaban J connectivity index is 2.79. The summed E-state index contributed by atoms with van der Waals surface area (Å²) in [7, 11) is 0. The van der Waals surface area contributed by atoms with Crippen LogP contribution in [0.15, 0.2) is 24.3 Å². The highest BCUT2D eigenvalue weighted by molar-refractivity contribution is 5.26. The summed E-state index contributed by atoms with van der Waals surface area (Å²) in [6.07, 6.45) is -3.25. The third-order valence-electron chi connectivity index (χ3n) is 3.43. The van der Waals surface area contributed by atoms with Crippen LogP contribution in [0.5, 0.6) is 0 Å². The van der Waals surface area contributed by atoms with E-state index in [1.807, 2.05) is 39.8 Å². The molecule has 1 unspecified atom stereocenters. The van der Waals surface area contributed by atoms with E-state index in [0.717, 1.165) is 11.1 Å². The van der Waals surface area contributed by atoms with Crippen LogP contribution in [0.2, 0.25) is 0 Å². The fourth-order valence-corrected chi connectivity index (χ4v) is 2.09. The summed E-state index contributed by atoms with van der Waals surface area (Å²) in [5.41, 5.74) is 1.68. The van der Waals surface area contributed by atoms with Gasteiger partial charge in [-0.05, 0) is 42.7 Å². The lowest BCUT2D eigenvalue weighted by Crippen LogP contribution is -2.26. The predicted octanol–water partition coefficient (Wildman–Crippen LogP) is 5.54. The Morgan fingerprint density at radius 3 is 2.11 bits per heavy atom. The largest absolute Gasteiger partial charge is 0.392 e. The van der Waals surface area contributed by atoms with E-state index in [-0.39, 0.29) is 18.3 Å². The molecule has 1 aromatic rings. The summed E-state index contributed by atoms with van der Waals surface area (Å²) in [5, 5.41) is 0. The predicted molar refractivity (Wildman–Crippen MR) is 73.1 cm³/mol. The van der Waals surface area contributed by atoms with Crippen LogP contribution in [0.25, 0.3) is 0 Å². The van der Waals surface area contributed by atoms with Crippen molar-refractivity contribution in [1.82, 2.24) is 0 Å². The number of aryl methyl sites for hydroxylation is 1. The Hall–Kier alpha value is -0.990. The molecule has 1 aromatic carbocycles. The zero-order chi connectivity index (χ0) is 14.7. The second kappa shape index (κ2) is 5.98. The molecule has 1 atom stereocenters. The van der Waals surface area contributed by atoms with Crippen molar-refractivity contribution >= 4 is 0 Å². The Morgan fingerprint density at radius 2 is 1.63 bits per heavy atom. The lowest BCUT2D eigenvalue weighted by atomic mass is 9.84. The van der Waals surface area contributed by atoms with Crippen molar-refractivity contribution in [1.29, 1.82) is 0 Å². The Labute approximate surface area is 114 Å². The first kappa shape index (κ1) is 16.1. The van der Waals surface area contributed by atoms with Crippen molar-refractivity contribution in [2.45, 2.75) is 53.1 Å². The van der Waals surface area contributed by atoms with E-state index >= 15 is 0 Å². The zero-order valence-electron chi connectivity index (χ0n) is 12.1. The van der Waals surface area contributed by atoms with E-state index in [4.69, 9.17) is 0 Å². The summed E-state index contributed by atoms with van der Waals surface area (Å²) in [5.74, 6) is -1.24. The molecule has 0 bridgehead atoms. The second-order valence-electron chi connectivity index (χ2n) is 6.47. The SMILES string of the molecule is Cc1ccccc1CC(CCC(C)(C)C)C(F)(F)F. The highest BCUT2D eigenvalue weighted by Gasteiger charge is 2.39. The summed E-state index contributed by atoms with van der Waals surface area (Å²) < 4.78 is 39.3. The van der Waals surface area contributed by atoms with Crippen LogP contribution in [-0.4, -0.2) is 6.18 Å². The van der Waals surface area contributed by atoms with E-state index in [1.165, 1.54) is 0 Å². The summed E-state index contributed by atoms with van der Waals surface area (Å²) in [4.78, 5) is 0. The molecule has 0 N–H and O–H groups in total. The van der Waals surface area contributed by atoms with Gasteiger partial charge in [0.1, 0.15) is 0 Å². The molecule has 0 aromatic heterocycles. The molecule has 0 spiro atoms. The second-order valence-corrected chi connectivity index (χ2v) is 6.47. The number of halogens is 3. The smallest absolute Gasteiger partial charge is 0.171 e. The summed E-state index contributed by atoms with van der Waals surface area (Å²) in [6, 6.07) is 7.33. The Morgan fingerprint density at radius 1 is 1.05 bits per heavy atom. The first-order valence-corrected chi connectivity index (χ1v) is 6.71. The normalized spacial score (nSPS) is 14.5. The lowest BCUT2D eigenvalue weighted by molar-refractivity contribution is -0.177. The average molecular weight is 272 g/mol. The van der Waals surface area contributed by atoms with Crippen molar-refractivity contribution in [2.75, 3.05) is 0 Å². The van der Waals surface area contributed by atoms with Crippen LogP contribution < -0.4 is 0 Å². The monoisotopic (exact) mass is 272 g/mol. The van der Waals surface area contributed by atoms with Crippen LogP contribution >= 0.6 is 0 Å². The topological polar surface area (TPSA) is 0 Å². The highest BCUT2D eigenvalue weighted by Crippen LogP contribution is 2.36. The molecule has 0 heterocycles. The molecule has 108 valence electrons. The van der Waals surface area contributed by atoms with Gasteiger partial charge in [0, 0.05) is 0 Å². The van der Waals surface area contributed by atoms with Crippen molar-refractivity contribution in [3.63, 3.8) is 0 Å². The van der Waals surface area contributed by atoms with Crippen molar-refractivity contribution in [2.24, 2.45) is 11.3 Å². The first-order valence-electron chi connectivity index (χ1n) is 6.71. The fourth-order valence-electron chi connectivity index (χ4n) is 2.09. The minimum Gasteiger partial charge on any atom is -0.171 e. The molecule has 0 aliphatic rings. The average Bonchev–Trinajstić information content (AvgIpc) is 2.23.